The molecule has 0 spiro atoms. The van der Waals surface area contributed by atoms with Gasteiger partial charge in [-0.25, -0.2) is 0 Å². The van der Waals surface area contributed by atoms with Gasteiger partial charge >= 0.3 is 0 Å². The summed E-state index contributed by atoms with van der Waals surface area (Å²) in [7, 11) is 1.69. The SMILES string of the molecule is [2H]c1[nH]c2c([2H])ccc3c2c1C[C@@H]1C3=C[C@@H](C(=O)N(C([2H])([2H])C([2H])([2H])[2H])C([2H])([2H])C([2H])([2H])[2H])CN1C. The quantitative estimate of drug-likeness (QED) is 0.937. The largest absolute Gasteiger partial charge is 0.361 e. The van der Waals surface area contributed by atoms with Crippen LogP contribution in [0.15, 0.2) is 30.4 Å². The van der Waals surface area contributed by atoms with E-state index >= 15 is 0 Å². The van der Waals surface area contributed by atoms with Gasteiger partial charge in [-0.05, 0) is 49.9 Å². The van der Waals surface area contributed by atoms with E-state index in [1.165, 1.54) is 6.08 Å². The number of hydrogen-bond donors (Lipinski definition) is 1. The molecular weight excluding hydrogens is 298 g/mol. The van der Waals surface area contributed by atoms with Gasteiger partial charge < -0.3 is 9.88 Å². The summed E-state index contributed by atoms with van der Waals surface area (Å²) in [4.78, 5) is 18.1. The number of rotatable bonds is 3. The second-order valence-corrected chi connectivity index (χ2v) is 6.16. The van der Waals surface area contributed by atoms with Gasteiger partial charge in [0.1, 0.15) is 0 Å². The van der Waals surface area contributed by atoms with Gasteiger partial charge in [-0.3, -0.25) is 9.69 Å². The van der Waals surface area contributed by atoms with Crippen LogP contribution in [-0.2, 0) is 11.2 Å². The number of nitrogens with one attached hydrogen (secondary N) is 1. The minimum atomic E-state index is -3.61. The molecule has 1 amide bonds. The first-order valence-electron chi connectivity index (χ1n) is 13.7. The summed E-state index contributed by atoms with van der Waals surface area (Å²) in [5.41, 5.74) is 2.45. The van der Waals surface area contributed by atoms with Crippen molar-refractivity contribution in [1.82, 2.24) is 14.8 Å². The highest BCUT2D eigenvalue weighted by Crippen LogP contribution is 2.40. The fraction of sp³-hybridized carbons (Fsp3) is 0.450. The number of benzene rings is 1. The number of likely N-dealkylation sites (N-methyl/N-ethyl adjacent to an activating group) is 1. The monoisotopic (exact) mass is 335 g/mol. The van der Waals surface area contributed by atoms with E-state index in [0.29, 0.717) is 34.0 Å². The minimum absolute atomic E-state index is 0.0512. The predicted octanol–water partition coefficient (Wildman–Crippen LogP) is 2.91. The van der Waals surface area contributed by atoms with E-state index in [9.17, 15) is 4.79 Å². The number of H-pyrrole nitrogens is 1. The van der Waals surface area contributed by atoms with Crippen LogP contribution in [-0.4, -0.2) is 53.3 Å². The van der Waals surface area contributed by atoms with Crippen molar-refractivity contribution in [2.24, 2.45) is 5.92 Å². The molecular formula is C20H25N3O. The Morgan fingerprint density at radius 3 is 3.17 bits per heavy atom. The lowest BCUT2D eigenvalue weighted by Gasteiger charge is -2.40. The Morgan fingerprint density at radius 2 is 2.38 bits per heavy atom. The number of carbonyl (C=O) groups is 1. The van der Waals surface area contributed by atoms with Crippen molar-refractivity contribution in [3.8, 4) is 0 Å². The maximum Gasteiger partial charge on any atom is 0.230 e. The highest BCUT2D eigenvalue weighted by atomic mass is 16.2. The number of nitrogens with zero attached hydrogens (tertiary/aromatic N) is 2. The number of amides is 1. The van der Waals surface area contributed by atoms with Crippen LogP contribution in [0.25, 0.3) is 16.5 Å². The average Bonchev–Trinajstić information content (AvgIpc) is 3.06. The van der Waals surface area contributed by atoms with Crippen LogP contribution >= 0.6 is 0 Å². The van der Waals surface area contributed by atoms with Crippen molar-refractivity contribution in [2.45, 2.75) is 26.2 Å². The molecule has 4 nitrogen and oxygen atoms in total. The van der Waals surface area contributed by atoms with E-state index < -0.39 is 38.5 Å². The first-order valence-corrected chi connectivity index (χ1v) is 7.68. The molecule has 126 valence electrons. The van der Waals surface area contributed by atoms with Crippen LogP contribution in [0.3, 0.4) is 0 Å². The van der Waals surface area contributed by atoms with Crippen molar-refractivity contribution in [2.75, 3.05) is 26.6 Å². The summed E-state index contributed by atoms with van der Waals surface area (Å²) in [6.07, 6.45) is 2.08. The van der Waals surface area contributed by atoms with Crippen molar-refractivity contribution in [3.63, 3.8) is 0 Å². The van der Waals surface area contributed by atoms with E-state index in [1.54, 1.807) is 24.1 Å². The Balaban J connectivity index is 1.87. The van der Waals surface area contributed by atoms with Gasteiger partial charge in [0.25, 0.3) is 0 Å². The van der Waals surface area contributed by atoms with Crippen molar-refractivity contribution in [1.29, 1.82) is 0 Å². The lowest BCUT2D eigenvalue weighted by Crippen LogP contribution is -2.47. The van der Waals surface area contributed by atoms with Gasteiger partial charge in [0.15, 0.2) is 0 Å². The fourth-order valence-corrected chi connectivity index (χ4v) is 3.74. The molecule has 0 saturated heterocycles. The average molecular weight is 336 g/mol. The molecule has 1 aromatic heterocycles. The van der Waals surface area contributed by atoms with Gasteiger partial charge in [0.05, 0.1) is 8.66 Å². The van der Waals surface area contributed by atoms with E-state index in [0.717, 1.165) is 0 Å². The molecule has 4 rings (SSSR count). The molecule has 2 atom stereocenters. The van der Waals surface area contributed by atoms with Crippen LogP contribution < -0.4 is 0 Å². The van der Waals surface area contributed by atoms with E-state index in [1.807, 2.05) is 0 Å². The van der Waals surface area contributed by atoms with Crippen molar-refractivity contribution in [3.05, 3.63) is 41.6 Å². The highest BCUT2D eigenvalue weighted by molar-refractivity contribution is 5.99. The summed E-state index contributed by atoms with van der Waals surface area (Å²) >= 11 is 0. The van der Waals surface area contributed by atoms with Crippen LogP contribution in [0.1, 0.15) is 41.3 Å². The maximum absolute atomic E-state index is 13.7. The molecule has 2 heterocycles. The molecule has 0 radical (unpaired) electrons. The van der Waals surface area contributed by atoms with Gasteiger partial charge in [0, 0.05) is 56.4 Å². The van der Waals surface area contributed by atoms with Gasteiger partial charge in [-0.1, -0.05) is 18.2 Å². The molecule has 1 aliphatic carbocycles. The standard InChI is InChI=1S/C20H25N3O/c1-4-23(5-2)20(24)14-9-16-15-7-6-8-17-19(15)13(11-21-17)10-18(16)22(3)12-14/h6-9,11,14,18,21H,4-5,10,12H2,1-3H3/t14-,18-/m1/s1/i1D3,2D3,4D2,5D2,8D,11D. The molecule has 2 aromatic rings. The number of fused-ring (bicyclic) bond motifs is 2. The van der Waals surface area contributed by atoms with Crippen molar-refractivity contribution < 1.29 is 21.2 Å². The van der Waals surface area contributed by atoms with E-state index in [4.69, 9.17) is 16.4 Å². The molecule has 0 saturated carbocycles. The number of aromatic nitrogens is 1. The fourth-order valence-electron chi connectivity index (χ4n) is 3.74. The summed E-state index contributed by atoms with van der Waals surface area (Å²) in [6, 6.07) is 3.13. The first-order chi connectivity index (χ1) is 16.3. The smallest absolute Gasteiger partial charge is 0.230 e. The van der Waals surface area contributed by atoms with Gasteiger partial charge in [-0.2, -0.15) is 0 Å². The van der Waals surface area contributed by atoms with Crippen LogP contribution in [0.2, 0.25) is 0 Å². The third-order valence-electron chi connectivity index (χ3n) is 4.86. The molecule has 0 bridgehead atoms. The van der Waals surface area contributed by atoms with Crippen LogP contribution in [0, 0.1) is 5.92 Å². The molecule has 4 heteroatoms. The zero-order valence-electron chi connectivity index (χ0n) is 25.1. The highest BCUT2D eigenvalue weighted by Gasteiger charge is 2.36. The summed E-state index contributed by atoms with van der Waals surface area (Å²) in [5.74, 6) is -2.55. The van der Waals surface area contributed by atoms with Crippen LogP contribution in [0.5, 0.6) is 0 Å². The lowest BCUT2D eigenvalue weighted by atomic mass is 9.79. The summed E-state index contributed by atoms with van der Waals surface area (Å²) in [6.45, 7) is -14.3. The Bertz CT molecular complexity index is 1230. The minimum Gasteiger partial charge on any atom is -0.361 e. The van der Waals surface area contributed by atoms with E-state index in [2.05, 4.69) is 4.98 Å². The molecule has 0 fully saturated rings. The third kappa shape index (κ3) is 2.20. The maximum atomic E-state index is 13.7. The van der Waals surface area contributed by atoms with Gasteiger partial charge in [-0.15, -0.1) is 0 Å². The first kappa shape index (κ1) is 7.04. The molecule has 1 aromatic carbocycles. The molecule has 2 aliphatic rings. The normalized spacial score (nSPS) is 32.6. The van der Waals surface area contributed by atoms with Crippen molar-refractivity contribution >= 4 is 22.4 Å². The topological polar surface area (TPSA) is 39.3 Å². The Kier molecular flexibility index (Phi) is 1.70. The van der Waals surface area contributed by atoms with E-state index in [-0.39, 0.29) is 29.7 Å². The van der Waals surface area contributed by atoms with Gasteiger partial charge in [0.2, 0.25) is 5.91 Å². The molecule has 1 N–H and O–H groups in total. The molecule has 0 unspecified atom stereocenters. The third-order valence-corrected chi connectivity index (χ3v) is 4.86. The Labute approximate surface area is 160 Å². The second-order valence-electron chi connectivity index (χ2n) is 6.16. The number of carbonyl (C=O) groups excluding carboxylic acids is 1. The number of aromatic amines is 1. The zero-order chi connectivity index (χ0) is 27.2. The molecule has 24 heavy (non-hydrogen) atoms. The predicted molar refractivity (Wildman–Crippen MR) is 97.8 cm³/mol. The Hall–Kier alpha value is -2.07. The Morgan fingerprint density at radius 1 is 1.54 bits per heavy atom. The second kappa shape index (κ2) is 5.78. The zero-order valence-corrected chi connectivity index (χ0v) is 13.1. The molecule has 1 aliphatic heterocycles. The summed E-state index contributed by atoms with van der Waals surface area (Å²) < 4.78 is 94.3. The number of hydrogen-bond acceptors (Lipinski definition) is 2. The lowest BCUT2D eigenvalue weighted by molar-refractivity contribution is -0.134. The summed E-state index contributed by atoms with van der Waals surface area (Å²) in [5, 5.41) is 0.656. The van der Waals surface area contributed by atoms with Crippen LogP contribution in [0.4, 0.5) is 0 Å².